The Morgan fingerprint density at radius 2 is 1.80 bits per heavy atom. The van der Waals surface area contributed by atoms with Crippen LogP contribution in [0.1, 0.15) is 22.5 Å². The van der Waals surface area contributed by atoms with Gasteiger partial charge in [0.2, 0.25) is 5.88 Å². The first-order chi connectivity index (χ1) is 12.1. The van der Waals surface area contributed by atoms with Crippen LogP contribution in [0.4, 0.5) is 0 Å². The highest BCUT2D eigenvalue weighted by atomic mass is 16.3. The maximum atomic E-state index is 9.89. The van der Waals surface area contributed by atoms with Gasteiger partial charge in [0.25, 0.3) is 0 Å². The number of aromatic nitrogens is 5. The van der Waals surface area contributed by atoms with E-state index in [1.54, 1.807) is 13.1 Å². The Morgan fingerprint density at radius 1 is 1.00 bits per heavy atom. The molecule has 0 aliphatic carbocycles. The number of aryl methyl sites for hydroxylation is 2. The van der Waals surface area contributed by atoms with Crippen LogP contribution >= 0.6 is 0 Å². The molecule has 0 amide bonds. The van der Waals surface area contributed by atoms with Crippen molar-refractivity contribution in [3.63, 3.8) is 0 Å². The first-order valence-electron chi connectivity index (χ1n) is 8.02. The maximum absolute atomic E-state index is 9.89. The average Bonchev–Trinajstić information content (AvgIpc) is 2.99. The normalized spacial score (nSPS) is 11.1. The Kier molecular flexibility index (Phi) is 3.65. The predicted molar refractivity (Wildman–Crippen MR) is 94.4 cm³/mol. The van der Waals surface area contributed by atoms with Crippen molar-refractivity contribution in [1.29, 1.82) is 0 Å². The monoisotopic (exact) mass is 331 g/mol. The van der Waals surface area contributed by atoms with Crippen LogP contribution in [0.25, 0.3) is 17.2 Å². The summed E-state index contributed by atoms with van der Waals surface area (Å²) < 4.78 is 1.94. The molecule has 4 rings (SSSR count). The molecule has 0 fully saturated rings. The van der Waals surface area contributed by atoms with Crippen molar-refractivity contribution < 1.29 is 5.11 Å². The van der Waals surface area contributed by atoms with Crippen LogP contribution in [0.15, 0.2) is 48.9 Å². The van der Waals surface area contributed by atoms with Crippen LogP contribution in [0.5, 0.6) is 5.88 Å². The Hall–Kier alpha value is -3.28. The Bertz CT molecular complexity index is 1060. The predicted octanol–water partition coefficient (Wildman–Crippen LogP) is 3.10. The third kappa shape index (κ3) is 2.94. The van der Waals surface area contributed by atoms with Gasteiger partial charge in [-0.3, -0.25) is 0 Å². The van der Waals surface area contributed by atoms with Crippen molar-refractivity contribution in [1.82, 2.24) is 24.3 Å². The van der Waals surface area contributed by atoms with E-state index in [4.69, 9.17) is 4.98 Å². The van der Waals surface area contributed by atoms with Gasteiger partial charge in [-0.25, -0.2) is 15.0 Å². The van der Waals surface area contributed by atoms with Crippen LogP contribution in [-0.4, -0.2) is 29.4 Å². The number of benzene rings is 1. The zero-order valence-electron chi connectivity index (χ0n) is 14.0. The van der Waals surface area contributed by atoms with E-state index in [2.05, 4.69) is 27.1 Å². The number of imidazole rings is 1. The molecule has 6 nitrogen and oxygen atoms in total. The molecule has 0 spiro atoms. The summed E-state index contributed by atoms with van der Waals surface area (Å²) in [6.45, 7) is 3.71. The van der Waals surface area contributed by atoms with Crippen LogP contribution in [0, 0.1) is 13.8 Å². The average molecular weight is 331 g/mol. The molecule has 0 atom stereocenters. The summed E-state index contributed by atoms with van der Waals surface area (Å²) in [6.07, 6.45) is 6.04. The van der Waals surface area contributed by atoms with Gasteiger partial charge in [-0.05, 0) is 19.4 Å². The van der Waals surface area contributed by atoms with Crippen LogP contribution in [-0.2, 0) is 6.42 Å². The Balaban J connectivity index is 1.87. The van der Waals surface area contributed by atoms with Crippen molar-refractivity contribution in [2.24, 2.45) is 0 Å². The van der Waals surface area contributed by atoms with Gasteiger partial charge in [-0.1, -0.05) is 30.3 Å². The fourth-order valence-electron chi connectivity index (χ4n) is 2.76. The third-order valence-electron chi connectivity index (χ3n) is 4.02. The third-order valence-corrected chi connectivity index (χ3v) is 4.02. The van der Waals surface area contributed by atoms with Crippen molar-refractivity contribution in [3.8, 4) is 17.4 Å². The lowest BCUT2D eigenvalue weighted by Gasteiger charge is -2.08. The number of fused-ring (bicyclic) bond motifs is 1. The number of rotatable bonds is 3. The summed E-state index contributed by atoms with van der Waals surface area (Å²) in [7, 11) is 0. The first kappa shape index (κ1) is 15.3. The van der Waals surface area contributed by atoms with Crippen molar-refractivity contribution >= 4 is 5.65 Å². The summed E-state index contributed by atoms with van der Waals surface area (Å²) in [6, 6.07) is 10.1. The van der Waals surface area contributed by atoms with Gasteiger partial charge >= 0.3 is 0 Å². The number of aromatic hydroxyl groups is 1. The van der Waals surface area contributed by atoms with E-state index >= 15 is 0 Å². The lowest BCUT2D eigenvalue weighted by Crippen LogP contribution is -2.02. The highest BCUT2D eigenvalue weighted by Gasteiger charge is 2.13. The van der Waals surface area contributed by atoms with E-state index in [9.17, 15) is 5.11 Å². The molecule has 3 heterocycles. The highest BCUT2D eigenvalue weighted by molar-refractivity contribution is 5.56. The van der Waals surface area contributed by atoms with Crippen molar-refractivity contribution in [2.45, 2.75) is 20.3 Å². The van der Waals surface area contributed by atoms with E-state index in [1.165, 1.54) is 0 Å². The van der Waals surface area contributed by atoms with E-state index in [0.717, 1.165) is 22.6 Å². The summed E-state index contributed by atoms with van der Waals surface area (Å²) in [5.41, 5.74) is 4.98. The standard InChI is InChI=1S/C19H17N5O/c1-12-9-20-17(23-19(12)25)16-11-24-10-13(2)21-18(24)15(22-16)8-14-6-4-3-5-7-14/h3-7,9-11H,8H2,1-2H3,(H,20,23,25). The van der Waals surface area contributed by atoms with Crippen molar-refractivity contribution in [3.05, 3.63) is 71.4 Å². The van der Waals surface area contributed by atoms with Crippen LogP contribution in [0.3, 0.4) is 0 Å². The molecular formula is C19H17N5O. The number of nitrogens with zero attached hydrogens (tertiary/aromatic N) is 5. The summed E-state index contributed by atoms with van der Waals surface area (Å²) in [5.74, 6) is 0.365. The number of hydrogen-bond acceptors (Lipinski definition) is 5. The second-order valence-electron chi connectivity index (χ2n) is 6.05. The molecule has 0 aliphatic rings. The van der Waals surface area contributed by atoms with Crippen LogP contribution < -0.4 is 0 Å². The fourth-order valence-corrected chi connectivity index (χ4v) is 2.76. The van der Waals surface area contributed by atoms with E-state index in [0.29, 0.717) is 23.5 Å². The molecule has 1 N–H and O–H groups in total. The molecular weight excluding hydrogens is 314 g/mol. The molecule has 3 aromatic heterocycles. The van der Waals surface area contributed by atoms with Gasteiger partial charge in [0.05, 0.1) is 11.4 Å². The smallest absolute Gasteiger partial charge is 0.217 e. The zero-order chi connectivity index (χ0) is 17.4. The van der Waals surface area contributed by atoms with E-state index in [-0.39, 0.29) is 5.88 Å². The number of hydrogen-bond donors (Lipinski definition) is 1. The second kappa shape index (κ2) is 5.98. The molecule has 4 aromatic rings. The molecule has 0 saturated carbocycles. The summed E-state index contributed by atoms with van der Waals surface area (Å²) in [5, 5.41) is 9.89. The zero-order valence-corrected chi connectivity index (χ0v) is 14.0. The Morgan fingerprint density at radius 3 is 2.56 bits per heavy atom. The minimum Gasteiger partial charge on any atom is -0.493 e. The highest BCUT2D eigenvalue weighted by Crippen LogP contribution is 2.21. The summed E-state index contributed by atoms with van der Waals surface area (Å²) in [4.78, 5) is 17.8. The molecule has 0 aliphatic heterocycles. The van der Waals surface area contributed by atoms with E-state index < -0.39 is 0 Å². The molecule has 0 unspecified atom stereocenters. The topological polar surface area (TPSA) is 76.2 Å². The van der Waals surface area contributed by atoms with Gasteiger partial charge in [0.15, 0.2) is 11.5 Å². The molecule has 1 aromatic carbocycles. The quantitative estimate of drug-likeness (QED) is 0.624. The second-order valence-corrected chi connectivity index (χ2v) is 6.05. The maximum Gasteiger partial charge on any atom is 0.217 e. The van der Waals surface area contributed by atoms with Crippen LogP contribution in [0.2, 0.25) is 0 Å². The SMILES string of the molecule is Cc1cn2cc(-c3ncc(C)c(O)n3)nc(Cc3ccccc3)c2n1. The molecule has 25 heavy (non-hydrogen) atoms. The minimum atomic E-state index is -0.0293. The lowest BCUT2D eigenvalue weighted by atomic mass is 10.1. The fraction of sp³-hybridized carbons (Fsp3) is 0.158. The molecule has 124 valence electrons. The Labute approximate surface area is 144 Å². The molecule has 0 bridgehead atoms. The first-order valence-corrected chi connectivity index (χ1v) is 8.02. The van der Waals surface area contributed by atoms with E-state index in [1.807, 2.05) is 41.9 Å². The van der Waals surface area contributed by atoms with Gasteiger partial charge in [0, 0.05) is 30.6 Å². The molecule has 6 heteroatoms. The van der Waals surface area contributed by atoms with Gasteiger partial charge in [0.1, 0.15) is 5.69 Å². The largest absolute Gasteiger partial charge is 0.493 e. The lowest BCUT2D eigenvalue weighted by molar-refractivity contribution is 0.448. The van der Waals surface area contributed by atoms with Gasteiger partial charge in [-0.15, -0.1) is 0 Å². The molecule has 0 saturated heterocycles. The van der Waals surface area contributed by atoms with Gasteiger partial charge < -0.3 is 9.51 Å². The van der Waals surface area contributed by atoms with Gasteiger partial charge in [-0.2, -0.15) is 4.98 Å². The summed E-state index contributed by atoms with van der Waals surface area (Å²) >= 11 is 0. The molecule has 0 radical (unpaired) electrons. The van der Waals surface area contributed by atoms with Crippen molar-refractivity contribution in [2.75, 3.05) is 0 Å². The minimum absolute atomic E-state index is 0.0293.